The number of hydrogen-bond donors (Lipinski definition) is 1. The number of fused-ring (bicyclic) bond motifs is 1. The molecule has 1 aliphatic carbocycles. The Morgan fingerprint density at radius 2 is 1.94 bits per heavy atom. The average Bonchev–Trinajstić information content (AvgIpc) is 3.56. The summed E-state index contributed by atoms with van der Waals surface area (Å²) in [5.74, 6) is 0.311. The standard InChI is InChI=1S/C25H30N2O6S/c1-5-33-21-13-18(11-12-20(21)32-3)25(2,15-34(4,30)31)27-14-17-7-6-8-19(22(17)24(27)29)26-23(28)16-9-10-16/h6-8,11-13,16H,5,9-10,14-15H2,1-4H3,(H,26,28). The van der Waals surface area contributed by atoms with E-state index < -0.39 is 15.4 Å². The second-order valence-electron chi connectivity index (χ2n) is 9.14. The van der Waals surface area contributed by atoms with Gasteiger partial charge in [0.1, 0.15) is 9.84 Å². The maximum absolute atomic E-state index is 13.7. The summed E-state index contributed by atoms with van der Waals surface area (Å²) in [6.45, 7) is 4.22. The van der Waals surface area contributed by atoms with Crippen molar-refractivity contribution in [2.45, 2.75) is 38.8 Å². The number of hydrogen-bond acceptors (Lipinski definition) is 6. The first-order valence-corrected chi connectivity index (χ1v) is 13.4. The van der Waals surface area contributed by atoms with Gasteiger partial charge in [0.05, 0.1) is 36.3 Å². The van der Waals surface area contributed by atoms with E-state index in [1.807, 2.05) is 13.0 Å². The van der Waals surface area contributed by atoms with Gasteiger partial charge in [0.2, 0.25) is 5.91 Å². The molecule has 1 N–H and O–H groups in total. The Morgan fingerprint density at radius 3 is 2.56 bits per heavy atom. The summed E-state index contributed by atoms with van der Waals surface area (Å²) in [6.07, 6.45) is 2.87. The third-order valence-electron chi connectivity index (χ3n) is 6.37. The monoisotopic (exact) mass is 486 g/mol. The highest BCUT2D eigenvalue weighted by molar-refractivity contribution is 7.90. The summed E-state index contributed by atoms with van der Waals surface area (Å²) in [6, 6.07) is 10.6. The highest BCUT2D eigenvalue weighted by Crippen LogP contribution is 2.42. The molecule has 182 valence electrons. The van der Waals surface area contributed by atoms with Crippen molar-refractivity contribution in [3.05, 3.63) is 53.1 Å². The van der Waals surface area contributed by atoms with Crippen molar-refractivity contribution in [3.8, 4) is 11.5 Å². The Kier molecular flexibility index (Phi) is 6.33. The zero-order valence-electron chi connectivity index (χ0n) is 19.9. The molecule has 4 rings (SSSR count). The first kappa shape index (κ1) is 24.1. The van der Waals surface area contributed by atoms with Crippen LogP contribution in [0.4, 0.5) is 5.69 Å². The summed E-state index contributed by atoms with van der Waals surface area (Å²) < 4.78 is 36.2. The van der Waals surface area contributed by atoms with Crippen LogP contribution >= 0.6 is 0 Å². The van der Waals surface area contributed by atoms with Crippen LogP contribution in [0.3, 0.4) is 0 Å². The number of amides is 2. The number of sulfone groups is 1. The molecule has 1 fully saturated rings. The van der Waals surface area contributed by atoms with Gasteiger partial charge in [0.25, 0.3) is 5.91 Å². The molecule has 9 heteroatoms. The van der Waals surface area contributed by atoms with E-state index in [1.165, 1.54) is 7.11 Å². The first-order chi connectivity index (χ1) is 16.1. The highest BCUT2D eigenvalue weighted by Gasteiger charge is 2.45. The van der Waals surface area contributed by atoms with Crippen LogP contribution in [-0.4, -0.2) is 50.9 Å². The van der Waals surface area contributed by atoms with E-state index in [4.69, 9.17) is 9.47 Å². The van der Waals surface area contributed by atoms with Crippen molar-refractivity contribution in [3.63, 3.8) is 0 Å². The van der Waals surface area contributed by atoms with Gasteiger partial charge in [0.15, 0.2) is 11.5 Å². The van der Waals surface area contributed by atoms with Gasteiger partial charge in [-0.25, -0.2) is 8.42 Å². The lowest BCUT2D eigenvalue weighted by molar-refractivity contribution is -0.117. The second-order valence-corrected chi connectivity index (χ2v) is 11.3. The lowest BCUT2D eigenvalue weighted by Gasteiger charge is -2.39. The second kappa shape index (κ2) is 8.94. The predicted octanol–water partition coefficient (Wildman–Crippen LogP) is 3.36. The van der Waals surface area contributed by atoms with Gasteiger partial charge in [-0.05, 0) is 56.0 Å². The number of carbonyl (C=O) groups is 2. The van der Waals surface area contributed by atoms with E-state index in [0.717, 1.165) is 24.7 Å². The van der Waals surface area contributed by atoms with Gasteiger partial charge in [-0.1, -0.05) is 18.2 Å². The van der Waals surface area contributed by atoms with E-state index in [2.05, 4.69) is 5.32 Å². The van der Waals surface area contributed by atoms with Crippen LogP contribution in [0, 0.1) is 5.92 Å². The molecule has 2 aromatic carbocycles. The molecule has 1 saturated carbocycles. The fourth-order valence-corrected chi connectivity index (χ4v) is 5.90. The lowest BCUT2D eigenvalue weighted by Crippen LogP contribution is -2.48. The van der Waals surface area contributed by atoms with Crippen LogP contribution < -0.4 is 14.8 Å². The Balaban J connectivity index is 1.77. The average molecular weight is 487 g/mol. The van der Waals surface area contributed by atoms with Gasteiger partial charge in [-0.2, -0.15) is 0 Å². The number of benzene rings is 2. The van der Waals surface area contributed by atoms with Crippen LogP contribution in [0.5, 0.6) is 11.5 Å². The smallest absolute Gasteiger partial charge is 0.257 e. The fourth-order valence-electron chi connectivity index (χ4n) is 4.55. The van der Waals surface area contributed by atoms with E-state index in [-0.39, 0.29) is 30.0 Å². The van der Waals surface area contributed by atoms with Crippen molar-refractivity contribution in [2.75, 3.05) is 31.0 Å². The molecular weight excluding hydrogens is 456 g/mol. The molecule has 1 aliphatic heterocycles. The number of anilines is 1. The van der Waals surface area contributed by atoms with Gasteiger partial charge in [0, 0.05) is 18.7 Å². The molecule has 1 heterocycles. The summed E-state index contributed by atoms with van der Waals surface area (Å²) in [4.78, 5) is 27.7. The topological polar surface area (TPSA) is 102 Å². The van der Waals surface area contributed by atoms with E-state index in [0.29, 0.717) is 34.9 Å². The zero-order chi connectivity index (χ0) is 24.7. The van der Waals surface area contributed by atoms with Gasteiger partial charge < -0.3 is 19.7 Å². The number of nitrogens with zero attached hydrogens (tertiary/aromatic N) is 1. The third kappa shape index (κ3) is 4.61. The van der Waals surface area contributed by atoms with Crippen molar-refractivity contribution in [1.29, 1.82) is 0 Å². The van der Waals surface area contributed by atoms with E-state index in [1.54, 1.807) is 42.2 Å². The molecule has 0 radical (unpaired) electrons. The quantitative estimate of drug-likeness (QED) is 0.583. The van der Waals surface area contributed by atoms with Crippen molar-refractivity contribution >= 4 is 27.3 Å². The summed E-state index contributed by atoms with van der Waals surface area (Å²) in [5, 5.41) is 2.89. The van der Waals surface area contributed by atoms with Gasteiger partial charge in [-0.15, -0.1) is 0 Å². The molecule has 2 aliphatic rings. The van der Waals surface area contributed by atoms with Crippen molar-refractivity contribution in [2.24, 2.45) is 5.92 Å². The molecule has 2 amide bonds. The predicted molar refractivity (Wildman–Crippen MR) is 129 cm³/mol. The molecule has 0 saturated heterocycles. The Bertz CT molecular complexity index is 1240. The van der Waals surface area contributed by atoms with E-state index >= 15 is 0 Å². The maximum Gasteiger partial charge on any atom is 0.257 e. The third-order valence-corrected chi connectivity index (χ3v) is 7.46. The van der Waals surface area contributed by atoms with E-state index in [9.17, 15) is 18.0 Å². The van der Waals surface area contributed by atoms with Crippen LogP contribution in [0.15, 0.2) is 36.4 Å². The SMILES string of the molecule is CCOc1cc(C(C)(CS(C)(=O)=O)N2Cc3cccc(NC(=O)C4CC4)c3C2=O)ccc1OC. The van der Waals surface area contributed by atoms with Gasteiger partial charge >= 0.3 is 0 Å². The maximum atomic E-state index is 13.7. The molecule has 0 bridgehead atoms. The van der Waals surface area contributed by atoms with Crippen LogP contribution in [-0.2, 0) is 26.7 Å². The highest BCUT2D eigenvalue weighted by atomic mass is 32.2. The summed E-state index contributed by atoms with van der Waals surface area (Å²) in [5.41, 5.74) is 1.06. The minimum absolute atomic E-state index is 0.00440. The molecule has 34 heavy (non-hydrogen) atoms. The number of rotatable bonds is 9. The number of ether oxygens (including phenoxy) is 2. The molecule has 0 spiro atoms. The Morgan fingerprint density at radius 1 is 1.21 bits per heavy atom. The Labute approximate surface area is 200 Å². The summed E-state index contributed by atoms with van der Waals surface area (Å²) >= 11 is 0. The van der Waals surface area contributed by atoms with Crippen molar-refractivity contribution < 1.29 is 27.5 Å². The fraction of sp³-hybridized carbons (Fsp3) is 0.440. The van der Waals surface area contributed by atoms with Crippen LogP contribution in [0.25, 0.3) is 0 Å². The summed E-state index contributed by atoms with van der Waals surface area (Å²) in [7, 11) is -1.95. The number of methoxy groups -OCH3 is 1. The molecule has 1 atom stereocenters. The van der Waals surface area contributed by atoms with Crippen molar-refractivity contribution in [1.82, 2.24) is 4.90 Å². The van der Waals surface area contributed by atoms with Gasteiger partial charge in [-0.3, -0.25) is 9.59 Å². The molecule has 0 aromatic heterocycles. The molecular formula is C25H30N2O6S. The van der Waals surface area contributed by atoms with Crippen LogP contribution in [0.1, 0.15) is 48.2 Å². The normalized spacial score (nSPS) is 17.2. The Hall–Kier alpha value is -3.07. The molecule has 2 aromatic rings. The number of nitrogens with one attached hydrogen (secondary N) is 1. The largest absolute Gasteiger partial charge is 0.493 e. The minimum atomic E-state index is -3.49. The number of carbonyl (C=O) groups excluding carboxylic acids is 2. The molecule has 1 unspecified atom stereocenters. The van der Waals surface area contributed by atoms with Crippen LogP contribution in [0.2, 0.25) is 0 Å². The zero-order valence-corrected chi connectivity index (χ0v) is 20.7. The minimum Gasteiger partial charge on any atom is -0.493 e. The molecule has 8 nitrogen and oxygen atoms in total. The first-order valence-electron chi connectivity index (χ1n) is 11.3. The lowest BCUT2D eigenvalue weighted by atomic mass is 9.91.